The van der Waals surface area contributed by atoms with E-state index in [1.54, 1.807) is 0 Å². The van der Waals surface area contributed by atoms with Crippen molar-refractivity contribution < 1.29 is 14.9 Å². The summed E-state index contributed by atoms with van der Waals surface area (Å²) >= 11 is 0. The Bertz CT molecular complexity index is 592. The van der Waals surface area contributed by atoms with Crippen LogP contribution < -0.4 is 0 Å². The zero-order valence-corrected chi connectivity index (χ0v) is 10.7. The van der Waals surface area contributed by atoms with Crippen LogP contribution in [0.1, 0.15) is 35.8 Å². The molecule has 0 fully saturated rings. The third-order valence-corrected chi connectivity index (χ3v) is 3.66. The van der Waals surface area contributed by atoms with Gasteiger partial charge in [0.15, 0.2) is 11.5 Å². The zero-order chi connectivity index (χ0) is 13.4. The van der Waals surface area contributed by atoms with Crippen LogP contribution in [0.3, 0.4) is 0 Å². The van der Waals surface area contributed by atoms with Crippen molar-refractivity contribution in [2.45, 2.75) is 25.6 Å². The van der Waals surface area contributed by atoms with Gasteiger partial charge in [-0.05, 0) is 24.1 Å². The van der Waals surface area contributed by atoms with Crippen molar-refractivity contribution in [1.82, 2.24) is 0 Å². The first-order valence-corrected chi connectivity index (χ1v) is 6.41. The highest BCUT2D eigenvalue weighted by Gasteiger charge is 2.28. The van der Waals surface area contributed by atoms with Crippen LogP contribution in [0.15, 0.2) is 42.5 Å². The van der Waals surface area contributed by atoms with E-state index in [-0.39, 0.29) is 23.7 Å². The first kappa shape index (κ1) is 12.1. The van der Waals surface area contributed by atoms with Crippen LogP contribution in [0.2, 0.25) is 0 Å². The Kier molecular flexibility index (Phi) is 2.91. The molecule has 1 heterocycles. The van der Waals surface area contributed by atoms with E-state index < -0.39 is 0 Å². The van der Waals surface area contributed by atoms with Gasteiger partial charge in [0, 0.05) is 12.0 Å². The Morgan fingerprint density at radius 2 is 1.79 bits per heavy atom. The van der Waals surface area contributed by atoms with Crippen LogP contribution >= 0.6 is 0 Å². The number of phenols is 2. The molecule has 3 heteroatoms. The maximum atomic E-state index is 10.0. The lowest BCUT2D eigenvalue weighted by Crippen LogP contribution is -2.18. The Labute approximate surface area is 112 Å². The highest BCUT2D eigenvalue weighted by Crippen LogP contribution is 2.43. The molecule has 19 heavy (non-hydrogen) atoms. The average Bonchev–Trinajstić information content (AvgIpc) is 2.44. The van der Waals surface area contributed by atoms with Gasteiger partial charge in [-0.3, -0.25) is 0 Å². The first-order valence-electron chi connectivity index (χ1n) is 6.41. The molecule has 0 radical (unpaired) electrons. The molecule has 0 saturated carbocycles. The lowest BCUT2D eigenvalue weighted by Gasteiger charge is -2.31. The second kappa shape index (κ2) is 4.59. The van der Waals surface area contributed by atoms with Crippen molar-refractivity contribution in [3.05, 3.63) is 59.2 Å². The van der Waals surface area contributed by atoms with Gasteiger partial charge in [-0.2, -0.15) is 0 Å². The summed E-state index contributed by atoms with van der Waals surface area (Å²) in [6.45, 7) is 1.96. The molecule has 3 nitrogen and oxygen atoms in total. The van der Waals surface area contributed by atoms with Gasteiger partial charge in [0.05, 0.1) is 12.2 Å². The van der Waals surface area contributed by atoms with Crippen LogP contribution in [0.4, 0.5) is 0 Å². The fourth-order valence-corrected chi connectivity index (χ4v) is 2.65. The predicted molar refractivity (Wildman–Crippen MR) is 72.2 cm³/mol. The number of ether oxygens (including phenoxy) is 1. The first-order chi connectivity index (χ1) is 9.16. The summed E-state index contributed by atoms with van der Waals surface area (Å²) in [5, 5.41) is 19.6. The van der Waals surface area contributed by atoms with Crippen LogP contribution in [0.5, 0.6) is 11.5 Å². The standard InChI is InChI=1S/C16H16O3/c1-10-12-7-8-14(17)16(18)13(12)9-15(19-10)11-5-3-2-4-6-11/h2-8,10,15,17-18H,9H2,1H3. The van der Waals surface area contributed by atoms with E-state index in [0.717, 1.165) is 16.7 Å². The SMILES string of the molecule is CC1OC(c2ccccc2)Cc2c1ccc(O)c2O. The molecule has 1 aliphatic rings. The molecule has 0 saturated heterocycles. The zero-order valence-electron chi connectivity index (χ0n) is 10.7. The van der Waals surface area contributed by atoms with Gasteiger partial charge >= 0.3 is 0 Å². The second-order valence-corrected chi connectivity index (χ2v) is 4.88. The number of hydrogen-bond donors (Lipinski definition) is 2. The molecular weight excluding hydrogens is 240 g/mol. The molecule has 2 atom stereocenters. The minimum Gasteiger partial charge on any atom is -0.504 e. The van der Waals surface area contributed by atoms with E-state index in [9.17, 15) is 10.2 Å². The number of benzene rings is 2. The molecule has 3 rings (SSSR count). The molecule has 2 aromatic rings. The summed E-state index contributed by atoms with van der Waals surface area (Å²) in [6, 6.07) is 13.3. The topological polar surface area (TPSA) is 49.7 Å². The number of phenolic OH excluding ortho intramolecular Hbond substituents is 2. The van der Waals surface area contributed by atoms with Crippen LogP contribution in [0, 0.1) is 0 Å². The Morgan fingerprint density at radius 3 is 2.53 bits per heavy atom. The van der Waals surface area contributed by atoms with Crippen molar-refractivity contribution in [1.29, 1.82) is 0 Å². The monoisotopic (exact) mass is 256 g/mol. The minimum atomic E-state index is -0.0968. The molecule has 0 aliphatic carbocycles. The highest BCUT2D eigenvalue weighted by atomic mass is 16.5. The Hall–Kier alpha value is -2.00. The molecule has 1 aliphatic heterocycles. The highest BCUT2D eigenvalue weighted by molar-refractivity contribution is 5.51. The van der Waals surface area contributed by atoms with Gasteiger partial charge in [-0.25, -0.2) is 0 Å². The molecule has 0 bridgehead atoms. The minimum absolute atomic E-state index is 0.0198. The van der Waals surface area contributed by atoms with Crippen molar-refractivity contribution in [3.8, 4) is 11.5 Å². The number of fused-ring (bicyclic) bond motifs is 1. The number of hydrogen-bond acceptors (Lipinski definition) is 3. The molecule has 0 spiro atoms. The third-order valence-electron chi connectivity index (χ3n) is 3.66. The van der Waals surface area contributed by atoms with Crippen molar-refractivity contribution in [3.63, 3.8) is 0 Å². The van der Waals surface area contributed by atoms with Crippen LogP contribution in [-0.2, 0) is 11.2 Å². The fraction of sp³-hybridized carbons (Fsp3) is 0.250. The third kappa shape index (κ3) is 2.06. The van der Waals surface area contributed by atoms with Crippen LogP contribution in [-0.4, -0.2) is 10.2 Å². The molecule has 0 aromatic heterocycles. The van der Waals surface area contributed by atoms with E-state index in [2.05, 4.69) is 0 Å². The lowest BCUT2D eigenvalue weighted by atomic mass is 9.91. The number of aromatic hydroxyl groups is 2. The summed E-state index contributed by atoms with van der Waals surface area (Å²) in [7, 11) is 0. The van der Waals surface area contributed by atoms with Crippen molar-refractivity contribution >= 4 is 0 Å². The fourth-order valence-electron chi connectivity index (χ4n) is 2.65. The molecule has 2 aromatic carbocycles. The van der Waals surface area contributed by atoms with Gasteiger partial charge < -0.3 is 14.9 Å². The van der Waals surface area contributed by atoms with Gasteiger partial charge in [0.25, 0.3) is 0 Å². The summed E-state index contributed by atoms with van der Waals surface area (Å²) in [5.41, 5.74) is 2.82. The van der Waals surface area contributed by atoms with Crippen molar-refractivity contribution in [2.75, 3.05) is 0 Å². The van der Waals surface area contributed by atoms with E-state index in [1.165, 1.54) is 6.07 Å². The van der Waals surface area contributed by atoms with Gasteiger partial charge in [-0.1, -0.05) is 36.4 Å². The van der Waals surface area contributed by atoms with Gasteiger partial charge in [0.1, 0.15) is 0 Å². The summed E-state index contributed by atoms with van der Waals surface area (Å²) in [4.78, 5) is 0. The van der Waals surface area contributed by atoms with Crippen LogP contribution in [0.25, 0.3) is 0 Å². The normalized spacial score (nSPS) is 21.9. The lowest BCUT2D eigenvalue weighted by molar-refractivity contribution is -0.0179. The second-order valence-electron chi connectivity index (χ2n) is 4.88. The Balaban J connectivity index is 2.02. The van der Waals surface area contributed by atoms with E-state index >= 15 is 0 Å². The largest absolute Gasteiger partial charge is 0.504 e. The molecule has 2 N–H and O–H groups in total. The Morgan fingerprint density at radius 1 is 1.05 bits per heavy atom. The smallest absolute Gasteiger partial charge is 0.161 e. The molecular formula is C16H16O3. The summed E-state index contributed by atoms with van der Waals surface area (Å²) in [5.74, 6) is -0.0896. The maximum absolute atomic E-state index is 10.0. The van der Waals surface area contributed by atoms with E-state index in [0.29, 0.717) is 6.42 Å². The molecule has 2 unspecified atom stereocenters. The average molecular weight is 256 g/mol. The summed E-state index contributed by atoms with van der Waals surface area (Å²) in [6.07, 6.45) is 0.390. The summed E-state index contributed by atoms with van der Waals surface area (Å²) < 4.78 is 6.00. The van der Waals surface area contributed by atoms with Gasteiger partial charge in [-0.15, -0.1) is 0 Å². The van der Waals surface area contributed by atoms with E-state index in [1.807, 2.05) is 43.3 Å². The molecule has 98 valence electrons. The molecule has 0 amide bonds. The number of rotatable bonds is 1. The van der Waals surface area contributed by atoms with Gasteiger partial charge in [0.2, 0.25) is 0 Å². The maximum Gasteiger partial charge on any atom is 0.161 e. The van der Waals surface area contributed by atoms with E-state index in [4.69, 9.17) is 4.74 Å². The van der Waals surface area contributed by atoms with Crippen molar-refractivity contribution in [2.24, 2.45) is 0 Å². The quantitative estimate of drug-likeness (QED) is 0.768. The predicted octanol–water partition coefficient (Wildman–Crippen LogP) is 3.47.